The highest BCUT2D eigenvalue weighted by atomic mass is 35.5. The SMILES string of the molecule is COc1ccc(S(=O)(=O)N(CC(=O)NCCNc2ccnc3cc(Cl)ccc23)Cc2ccccc2)cc1. The number of carbonyl (C=O) groups excluding carboxylic acids is 1. The van der Waals surface area contributed by atoms with Crippen LogP contribution in [0.15, 0.2) is 90.0 Å². The second-order valence-corrected chi connectivity index (χ2v) is 10.6. The number of pyridine rings is 1. The average Bonchev–Trinajstić information content (AvgIpc) is 2.91. The van der Waals surface area contributed by atoms with Gasteiger partial charge in [0.05, 0.1) is 24.1 Å². The molecule has 0 aliphatic carbocycles. The number of aromatic nitrogens is 1. The molecule has 0 radical (unpaired) electrons. The Balaban J connectivity index is 1.41. The van der Waals surface area contributed by atoms with E-state index in [4.69, 9.17) is 16.3 Å². The van der Waals surface area contributed by atoms with Gasteiger partial charge in [-0.25, -0.2) is 8.42 Å². The molecule has 0 aliphatic rings. The van der Waals surface area contributed by atoms with Gasteiger partial charge in [0.1, 0.15) is 5.75 Å². The van der Waals surface area contributed by atoms with E-state index in [2.05, 4.69) is 15.6 Å². The number of sulfonamides is 1. The molecule has 8 nitrogen and oxygen atoms in total. The highest BCUT2D eigenvalue weighted by Crippen LogP contribution is 2.24. The van der Waals surface area contributed by atoms with Crippen LogP contribution in [0.1, 0.15) is 5.56 Å². The smallest absolute Gasteiger partial charge is 0.243 e. The lowest BCUT2D eigenvalue weighted by Crippen LogP contribution is -2.41. The fraction of sp³-hybridized carbons (Fsp3) is 0.185. The number of amides is 1. The third-order valence-corrected chi connectivity index (χ3v) is 7.73. The number of carbonyl (C=O) groups is 1. The van der Waals surface area contributed by atoms with Crippen molar-refractivity contribution in [1.29, 1.82) is 0 Å². The number of anilines is 1. The lowest BCUT2D eigenvalue weighted by Gasteiger charge is -2.22. The van der Waals surface area contributed by atoms with Crippen molar-refractivity contribution in [3.05, 3.63) is 95.6 Å². The number of hydrogen-bond acceptors (Lipinski definition) is 6. The minimum atomic E-state index is -3.94. The van der Waals surface area contributed by atoms with Gasteiger partial charge in [0, 0.05) is 41.9 Å². The molecule has 0 aliphatic heterocycles. The van der Waals surface area contributed by atoms with Crippen molar-refractivity contribution in [2.24, 2.45) is 0 Å². The number of benzene rings is 3. The largest absolute Gasteiger partial charge is 0.497 e. The number of hydrogen-bond donors (Lipinski definition) is 2. The zero-order valence-corrected chi connectivity index (χ0v) is 21.8. The Kier molecular flexibility index (Phi) is 8.60. The molecule has 3 aromatic carbocycles. The summed E-state index contributed by atoms with van der Waals surface area (Å²) in [4.78, 5) is 17.2. The second kappa shape index (κ2) is 12.1. The summed E-state index contributed by atoms with van der Waals surface area (Å²) in [5.41, 5.74) is 2.41. The van der Waals surface area contributed by atoms with Gasteiger partial charge in [-0.1, -0.05) is 41.9 Å². The second-order valence-electron chi connectivity index (χ2n) is 8.23. The van der Waals surface area contributed by atoms with Crippen LogP contribution in [0.5, 0.6) is 5.75 Å². The standard InChI is InChI=1S/C27H27ClN4O4S/c1-36-22-8-10-23(11-9-22)37(34,35)32(18-20-5-3-2-4-6-20)19-27(33)31-16-15-30-25-13-14-29-26-17-21(28)7-12-24(25)26/h2-14,17H,15-16,18-19H2,1H3,(H,29,30)(H,31,33). The summed E-state index contributed by atoms with van der Waals surface area (Å²) in [7, 11) is -2.43. The van der Waals surface area contributed by atoms with Crippen LogP contribution in [0.4, 0.5) is 5.69 Å². The molecule has 1 heterocycles. The van der Waals surface area contributed by atoms with Gasteiger partial charge in [0.15, 0.2) is 0 Å². The molecule has 1 amide bonds. The molecule has 4 rings (SSSR count). The minimum Gasteiger partial charge on any atom is -0.497 e. The maximum Gasteiger partial charge on any atom is 0.243 e. The molecule has 0 fully saturated rings. The maximum absolute atomic E-state index is 13.4. The number of halogens is 1. The van der Waals surface area contributed by atoms with Crippen molar-refractivity contribution in [2.45, 2.75) is 11.4 Å². The Morgan fingerprint density at radius 1 is 1.00 bits per heavy atom. The molecule has 37 heavy (non-hydrogen) atoms. The summed E-state index contributed by atoms with van der Waals surface area (Å²) in [6.07, 6.45) is 1.69. The van der Waals surface area contributed by atoms with Crippen molar-refractivity contribution in [1.82, 2.24) is 14.6 Å². The first-order chi connectivity index (χ1) is 17.9. The Labute approximate surface area is 221 Å². The van der Waals surface area contributed by atoms with Crippen molar-refractivity contribution < 1.29 is 17.9 Å². The van der Waals surface area contributed by atoms with Gasteiger partial charge >= 0.3 is 0 Å². The van der Waals surface area contributed by atoms with Crippen molar-refractivity contribution >= 4 is 44.1 Å². The lowest BCUT2D eigenvalue weighted by atomic mass is 10.2. The molecular formula is C27H27ClN4O4S. The van der Waals surface area contributed by atoms with Gasteiger partial charge in [-0.15, -0.1) is 0 Å². The summed E-state index contributed by atoms with van der Waals surface area (Å²) in [6.45, 7) is 0.488. The zero-order valence-electron chi connectivity index (χ0n) is 20.2. The van der Waals surface area contributed by atoms with Gasteiger partial charge < -0.3 is 15.4 Å². The first-order valence-corrected chi connectivity index (χ1v) is 13.4. The Bertz CT molecular complexity index is 1470. The molecule has 0 spiro atoms. The zero-order chi connectivity index (χ0) is 26.3. The van der Waals surface area contributed by atoms with E-state index in [0.717, 1.165) is 22.2 Å². The van der Waals surface area contributed by atoms with Gasteiger partial charge in [0.25, 0.3) is 0 Å². The Hall–Kier alpha value is -3.66. The van der Waals surface area contributed by atoms with E-state index >= 15 is 0 Å². The van der Waals surface area contributed by atoms with Gasteiger partial charge in [0.2, 0.25) is 15.9 Å². The summed E-state index contributed by atoms with van der Waals surface area (Å²) in [5.74, 6) is 0.144. The van der Waals surface area contributed by atoms with E-state index in [1.54, 1.807) is 30.5 Å². The molecule has 4 aromatic rings. The minimum absolute atomic E-state index is 0.0619. The lowest BCUT2D eigenvalue weighted by molar-refractivity contribution is -0.121. The third kappa shape index (κ3) is 6.76. The van der Waals surface area contributed by atoms with Crippen molar-refractivity contribution in [3.63, 3.8) is 0 Å². The molecular weight excluding hydrogens is 512 g/mol. The number of nitrogens with zero attached hydrogens (tertiary/aromatic N) is 2. The number of fused-ring (bicyclic) bond motifs is 1. The number of methoxy groups -OCH3 is 1. The van der Waals surface area contributed by atoms with Crippen LogP contribution >= 0.6 is 11.6 Å². The van der Waals surface area contributed by atoms with E-state index in [9.17, 15) is 13.2 Å². The number of ether oxygens (including phenoxy) is 1. The van der Waals surface area contributed by atoms with Crippen LogP contribution < -0.4 is 15.4 Å². The van der Waals surface area contributed by atoms with E-state index in [1.165, 1.54) is 23.5 Å². The predicted octanol–water partition coefficient (Wildman–Crippen LogP) is 4.32. The number of nitrogens with one attached hydrogen (secondary N) is 2. The van der Waals surface area contributed by atoms with E-state index < -0.39 is 15.9 Å². The van der Waals surface area contributed by atoms with Crippen LogP contribution in [0.25, 0.3) is 10.9 Å². The van der Waals surface area contributed by atoms with E-state index in [1.807, 2.05) is 42.5 Å². The Morgan fingerprint density at radius 2 is 1.76 bits per heavy atom. The van der Waals surface area contributed by atoms with Crippen LogP contribution in [-0.4, -0.2) is 50.4 Å². The predicted molar refractivity (Wildman–Crippen MR) is 145 cm³/mol. The summed E-state index contributed by atoms with van der Waals surface area (Å²) in [6, 6.07) is 22.6. The van der Waals surface area contributed by atoms with Crippen LogP contribution in [0.2, 0.25) is 5.02 Å². The van der Waals surface area contributed by atoms with Crippen LogP contribution in [0.3, 0.4) is 0 Å². The van der Waals surface area contributed by atoms with Crippen LogP contribution in [-0.2, 0) is 21.4 Å². The molecule has 0 atom stereocenters. The molecule has 0 unspecified atom stereocenters. The first-order valence-electron chi connectivity index (χ1n) is 11.6. The Morgan fingerprint density at radius 3 is 2.49 bits per heavy atom. The maximum atomic E-state index is 13.4. The molecule has 0 saturated carbocycles. The summed E-state index contributed by atoms with van der Waals surface area (Å²) >= 11 is 6.05. The van der Waals surface area contributed by atoms with E-state index in [0.29, 0.717) is 23.9 Å². The summed E-state index contributed by atoms with van der Waals surface area (Å²) in [5, 5.41) is 7.61. The molecule has 0 saturated heterocycles. The fourth-order valence-corrected chi connectivity index (χ4v) is 5.35. The van der Waals surface area contributed by atoms with Crippen molar-refractivity contribution in [2.75, 3.05) is 32.1 Å². The van der Waals surface area contributed by atoms with Gasteiger partial charge in [-0.2, -0.15) is 4.31 Å². The van der Waals surface area contributed by atoms with E-state index in [-0.39, 0.29) is 18.0 Å². The quantitative estimate of drug-likeness (QED) is 0.276. The monoisotopic (exact) mass is 538 g/mol. The third-order valence-electron chi connectivity index (χ3n) is 5.69. The highest BCUT2D eigenvalue weighted by molar-refractivity contribution is 7.89. The molecule has 1 aromatic heterocycles. The van der Waals surface area contributed by atoms with Crippen molar-refractivity contribution in [3.8, 4) is 5.75 Å². The highest BCUT2D eigenvalue weighted by Gasteiger charge is 2.27. The topological polar surface area (TPSA) is 101 Å². The molecule has 2 N–H and O–H groups in total. The van der Waals surface area contributed by atoms with Gasteiger partial charge in [-0.05, 0) is 54.1 Å². The molecule has 0 bridgehead atoms. The average molecular weight is 539 g/mol. The number of rotatable bonds is 11. The fourth-order valence-electron chi connectivity index (χ4n) is 3.80. The summed E-state index contributed by atoms with van der Waals surface area (Å²) < 4.78 is 33.1. The normalized spacial score (nSPS) is 11.4. The van der Waals surface area contributed by atoms with Crippen LogP contribution in [0, 0.1) is 0 Å². The molecule has 10 heteroatoms. The first kappa shape index (κ1) is 26.4. The molecule has 192 valence electrons. The van der Waals surface area contributed by atoms with Gasteiger partial charge in [-0.3, -0.25) is 9.78 Å².